The highest BCUT2D eigenvalue weighted by atomic mass is 79.9. The molecule has 0 unspecified atom stereocenters. The van der Waals surface area contributed by atoms with Crippen LogP contribution in [0.4, 0.5) is 0 Å². The van der Waals surface area contributed by atoms with Crippen molar-refractivity contribution in [1.82, 2.24) is 14.5 Å². The summed E-state index contributed by atoms with van der Waals surface area (Å²) < 4.78 is 3.06. The zero-order valence-corrected chi connectivity index (χ0v) is 13.0. The van der Waals surface area contributed by atoms with Gasteiger partial charge in [-0.2, -0.15) is 0 Å². The van der Waals surface area contributed by atoms with Crippen molar-refractivity contribution < 1.29 is 0 Å². The predicted molar refractivity (Wildman–Crippen MR) is 86.6 cm³/mol. The van der Waals surface area contributed by atoms with Crippen LogP contribution in [0.1, 0.15) is 11.1 Å². The maximum absolute atomic E-state index is 5.62. The van der Waals surface area contributed by atoms with Gasteiger partial charge in [0.2, 0.25) is 0 Å². The van der Waals surface area contributed by atoms with E-state index in [2.05, 4.69) is 54.7 Å². The summed E-state index contributed by atoms with van der Waals surface area (Å²) in [4.78, 5) is 8.64. The molecule has 0 amide bonds. The molecule has 4 nitrogen and oxygen atoms in total. The van der Waals surface area contributed by atoms with Crippen molar-refractivity contribution in [2.45, 2.75) is 13.1 Å². The van der Waals surface area contributed by atoms with Crippen molar-refractivity contribution in [2.75, 3.05) is 0 Å². The fourth-order valence-corrected chi connectivity index (χ4v) is 2.57. The average molecular weight is 343 g/mol. The van der Waals surface area contributed by atoms with Crippen LogP contribution in [-0.2, 0) is 13.1 Å². The van der Waals surface area contributed by atoms with E-state index in [1.165, 1.54) is 5.56 Å². The SMILES string of the molecule is NCc1ccc(Cn2ccnc2-c2cncc(Br)c2)cc1. The second kappa shape index (κ2) is 6.20. The maximum Gasteiger partial charge on any atom is 0.141 e. The lowest BCUT2D eigenvalue weighted by atomic mass is 10.1. The molecule has 0 atom stereocenters. The predicted octanol–water partition coefficient (Wildman–Crippen LogP) is 3.21. The molecule has 0 aliphatic rings. The molecule has 0 saturated carbocycles. The van der Waals surface area contributed by atoms with Crippen LogP contribution in [-0.4, -0.2) is 14.5 Å². The maximum atomic E-state index is 5.62. The quantitative estimate of drug-likeness (QED) is 0.791. The van der Waals surface area contributed by atoms with Crippen molar-refractivity contribution in [3.8, 4) is 11.4 Å². The highest BCUT2D eigenvalue weighted by molar-refractivity contribution is 9.10. The van der Waals surface area contributed by atoms with Gasteiger partial charge in [-0.15, -0.1) is 0 Å². The number of hydrogen-bond donors (Lipinski definition) is 1. The number of halogens is 1. The van der Waals surface area contributed by atoms with E-state index in [1.807, 2.05) is 24.7 Å². The Balaban J connectivity index is 1.88. The van der Waals surface area contributed by atoms with E-state index in [-0.39, 0.29) is 0 Å². The number of nitrogens with two attached hydrogens (primary N) is 1. The summed E-state index contributed by atoms with van der Waals surface area (Å²) in [7, 11) is 0. The van der Waals surface area contributed by atoms with Crippen LogP contribution in [0.3, 0.4) is 0 Å². The summed E-state index contributed by atoms with van der Waals surface area (Å²) in [5, 5.41) is 0. The molecule has 5 heteroatoms. The van der Waals surface area contributed by atoms with Gasteiger partial charge in [0, 0.05) is 47.9 Å². The molecule has 0 aliphatic carbocycles. The first kappa shape index (κ1) is 14.0. The van der Waals surface area contributed by atoms with Crippen molar-refractivity contribution in [3.05, 3.63) is 70.7 Å². The van der Waals surface area contributed by atoms with Crippen molar-refractivity contribution in [1.29, 1.82) is 0 Å². The van der Waals surface area contributed by atoms with E-state index in [0.29, 0.717) is 6.54 Å². The molecule has 3 aromatic rings. The largest absolute Gasteiger partial charge is 0.327 e. The number of rotatable bonds is 4. The molecule has 2 N–H and O–H groups in total. The molecule has 0 fully saturated rings. The van der Waals surface area contributed by atoms with Crippen LogP contribution >= 0.6 is 15.9 Å². The van der Waals surface area contributed by atoms with Gasteiger partial charge in [-0.1, -0.05) is 24.3 Å². The van der Waals surface area contributed by atoms with E-state index in [9.17, 15) is 0 Å². The Labute approximate surface area is 131 Å². The molecule has 0 aliphatic heterocycles. The van der Waals surface area contributed by atoms with Gasteiger partial charge in [-0.25, -0.2) is 4.98 Å². The number of nitrogens with zero attached hydrogens (tertiary/aromatic N) is 3. The fraction of sp³-hybridized carbons (Fsp3) is 0.125. The topological polar surface area (TPSA) is 56.7 Å². The number of aromatic nitrogens is 3. The smallest absolute Gasteiger partial charge is 0.141 e. The second-order valence-corrected chi connectivity index (χ2v) is 5.71. The lowest BCUT2D eigenvalue weighted by Crippen LogP contribution is -2.02. The van der Waals surface area contributed by atoms with E-state index in [1.54, 1.807) is 6.20 Å². The zero-order valence-electron chi connectivity index (χ0n) is 11.4. The lowest BCUT2D eigenvalue weighted by molar-refractivity contribution is 0.805. The fourth-order valence-electron chi connectivity index (χ4n) is 2.21. The van der Waals surface area contributed by atoms with Gasteiger partial charge in [0.05, 0.1) is 0 Å². The third kappa shape index (κ3) is 3.20. The number of benzene rings is 1. The molecule has 3 rings (SSSR count). The number of imidazole rings is 1. The number of pyridine rings is 1. The summed E-state index contributed by atoms with van der Waals surface area (Å²) in [6.07, 6.45) is 7.38. The van der Waals surface area contributed by atoms with Crippen LogP contribution in [0.25, 0.3) is 11.4 Å². The van der Waals surface area contributed by atoms with E-state index in [0.717, 1.165) is 28.0 Å². The average Bonchev–Trinajstić information content (AvgIpc) is 2.96. The van der Waals surface area contributed by atoms with Gasteiger partial charge in [0.1, 0.15) is 5.82 Å². The molecule has 0 saturated heterocycles. The molecule has 0 radical (unpaired) electrons. The summed E-state index contributed by atoms with van der Waals surface area (Å²) in [6.45, 7) is 1.34. The Kier molecular flexibility index (Phi) is 4.13. The molecular weight excluding hydrogens is 328 g/mol. The first-order valence-corrected chi connectivity index (χ1v) is 7.45. The third-order valence-electron chi connectivity index (χ3n) is 3.29. The van der Waals surface area contributed by atoms with E-state index >= 15 is 0 Å². The van der Waals surface area contributed by atoms with E-state index < -0.39 is 0 Å². The Morgan fingerprint density at radius 2 is 1.86 bits per heavy atom. The van der Waals surface area contributed by atoms with Crippen LogP contribution < -0.4 is 5.73 Å². The molecular formula is C16H15BrN4. The normalized spacial score (nSPS) is 10.8. The minimum absolute atomic E-state index is 0.570. The Bertz CT molecular complexity index is 734. The van der Waals surface area contributed by atoms with Crippen molar-refractivity contribution in [2.24, 2.45) is 5.73 Å². The van der Waals surface area contributed by atoms with Crippen LogP contribution in [0, 0.1) is 0 Å². The summed E-state index contributed by atoms with van der Waals surface area (Å²) in [6, 6.07) is 10.3. The highest BCUT2D eigenvalue weighted by Gasteiger charge is 2.07. The van der Waals surface area contributed by atoms with Crippen LogP contribution in [0.2, 0.25) is 0 Å². The first-order chi connectivity index (χ1) is 10.3. The molecule has 0 spiro atoms. The molecule has 1 aromatic carbocycles. The van der Waals surface area contributed by atoms with Gasteiger partial charge in [0.25, 0.3) is 0 Å². The van der Waals surface area contributed by atoms with Gasteiger partial charge in [-0.3, -0.25) is 4.98 Å². The summed E-state index contributed by atoms with van der Waals surface area (Å²) in [5.74, 6) is 0.909. The van der Waals surface area contributed by atoms with Crippen LogP contribution in [0.5, 0.6) is 0 Å². The standard InChI is InChI=1S/C16H15BrN4/c17-15-7-14(9-19-10-15)16-20-5-6-21(16)11-13-3-1-12(8-18)2-4-13/h1-7,9-10H,8,11,18H2. The molecule has 0 bridgehead atoms. The van der Waals surface area contributed by atoms with Crippen LogP contribution in [0.15, 0.2) is 59.6 Å². The highest BCUT2D eigenvalue weighted by Crippen LogP contribution is 2.21. The third-order valence-corrected chi connectivity index (χ3v) is 3.72. The minimum Gasteiger partial charge on any atom is -0.327 e. The first-order valence-electron chi connectivity index (χ1n) is 6.66. The van der Waals surface area contributed by atoms with Gasteiger partial charge >= 0.3 is 0 Å². The van der Waals surface area contributed by atoms with Crippen molar-refractivity contribution >= 4 is 15.9 Å². The molecule has 21 heavy (non-hydrogen) atoms. The Hall–Kier alpha value is -1.98. The second-order valence-electron chi connectivity index (χ2n) is 4.79. The monoisotopic (exact) mass is 342 g/mol. The Morgan fingerprint density at radius 3 is 2.57 bits per heavy atom. The molecule has 2 aromatic heterocycles. The van der Waals surface area contributed by atoms with Gasteiger partial charge in [0.15, 0.2) is 0 Å². The van der Waals surface area contributed by atoms with Gasteiger partial charge in [-0.05, 0) is 33.1 Å². The molecule has 106 valence electrons. The Morgan fingerprint density at radius 1 is 1.10 bits per heavy atom. The van der Waals surface area contributed by atoms with Crippen molar-refractivity contribution in [3.63, 3.8) is 0 Å². The summed E-state index contributed by atoms with van der Waals surface area (Å²) in [5.41, 5.74) is 8.97. The minimum atomic E-state index is 0.570. The lowest BCUT2D eigenvalue weighted by Gasteiger charge is -2.09. The molecule has 2 heterocycles. The van der Waals surface area contributed by atoms with E-state index in [4.69, 9.17) is 5.73 Å². The number of hydrogen-bond acceptors (Lipinski definition) is 3. The van der Waals surface area contributed by atoms with Gasteiger partial charge < -0.3 is 10.3 Å². The summed E-state index contributed by atoms with van der Waals surface area (Å²) >= 11 is 3.44. The zero-order chi connectivity index (χ0) is 14.7.